The van der Waals surface area contributed by atoms with Crippen LogP contribution in [0.5, 0.6) is 0 Å². The van der Waals surface area contributed by atoms with Crippen molar-refractivity contribution in [3.05, 3.63) is 17.5 Å². The first kappa shape index (κ1) is 24.2. The van der Waals surface area contributed by atoms with Crippen LogP contribution < -0.4 is 10.6 Å². The van der Waals surface area contributed by atoms with Gasteiger partial charge in [0, 0.05) is 26.2 Å². The highest BCUT2D eigenvalue weighted by atomic mass is 16.2. The summed E-state index contributed by atoms with van der Waals surface area (Å²) in [4.78, 5) is 42.3. The van der Waals surface area contributed by atoms with Crippen molar-refractivity contribution in [2.75, 3.05) is 39.8 Å². The lowest BCUT2D eigenvalue weighted by atomic mass is 9.95. The van der Waals surface area contributed by atoms with Crippen LogP contribution in [0.4, 0.5) is 0 Å². The molecule has 2 aliphatic heterocycles. The summed E-state index contributed by atoms with van der Waals surface area (Å²) in [6.45, 7) is 10.5. The highest BCUT2D eigenvalue weighted by Gasteiger charge is 2.46. The molecule has 0 aliphatic carbocycles. The van der Waals surface area contributed by atoms with E-state index < -0.39 is 5.54 Å². The van der Waals surface area contributed by atoms with Crippen molar-refractivity contribution in [2.24, 2.45) is 5.92 Å². The Hall–Kier alpha value is -2.42. The van der Waals surface area contributed by atoms with Crippen molar-refractivity contribution in [2.45, 2.75) is 65.0 Å². The zero-order valence-electron chi connectivity index (χ0n) is 19.9. The van der Waals surface area contributed by atoms with Crippen LogP contribution in [0.2, 0.25) is 0 Å². The molecular weight excluding hydrogens is 408 g/mol. The normalized spacial score (nSPS) is 21.5. The quantitative estimate of drug-likeness (QED) is 0.560. The number of piperidine rings is 1. The molecule has 3 amide bonds. The topological polar surface area (TPSA) is 99.6 Å². The Balaban J connectivity index is 1.58. The Kier molecular flexibility index (Phi) is 7.92. The molecule has 9 nitrogen and oxygen atoms in total. The van der Waals surface area contributed by atoms with Gasteiger partial charge in [-0.15, -0.1) is 0 Å². The molecule has 2 N–H and O–H groups in total. The largest absolute Gasteiger partial charge is 0.354 e. The van der Waals surface area contributed by atoms with Gasteiger partial charge in [0.1, 0.15) is 11.2 Å². The van der Waals surface area contributed by atoms with Gasteiger partial charge >= 0.3 is 0 Å². The molecule has 178 valence electrons. The summed E-state index contributed by atoms with van der Waals surface area (Å²) >= 11 is 0. The van der Waals surface area contributed by atoms with Crippen molar-refractivity contribution >= 4 is 17.7 Å². The molecule has 0 radical (unpaired) electrons. The monoisotopic (exact) mass is 446 g/mol. The Bertz CT molecular complexity index is 830. The maximum Gasteiger partial charge on any atom is 0.272 e. The molecule has 3 heterocycles. The van der Waals surface area contributed by atoms with Crippen LogP contribution in [0.15, 0.2) is 6.07 Å². The van der Waals surface area contributed by atoms with Crippen LogP contribution in [-0.2, 0) is 11.3 Å². The summed E-state index contributed by atoms with van der Waals surface area (Å²) in [5.74, 6) is -0.329. The van der Waals surface area contributed by atoms with Crippen molar-refractivity contribution < 1.29 is 14.4 Å². The second kappa shape index (κ2) is 10.5. The van der Waals surface area contributed by atoms with Gasteiger partial charge in [-0.05, 0) is 58.2 Å². The SMILES string of the molecule is CC(C)CCNC(=O)[C@@]1(C)Cn2nc(C(=O)NCCCN3CCCCC3)cc2C(=O)N1C. The van der Waals surface area contributed by atoms with Crippen LogP contribution in [-0.4, -0.2) is 82.6 Å². The first-order chi connectivity index (χ1) is 15.2. The summed E-state index contributed by atoms with van der Waals surface area (Å²) in [7, 11) is 1.63. The van der Waals surface area contributed by atoms with E-state index >= 15 is 0 Å². The molecule has 1 aromatic heterocycles. The molecule has 2 aliphatic rings. The maximum atomic E-state index is 12.9. The zero-order chi connectivity index (χ0) is 23.3. The lowest BCUT2D eigenvalue weighted by Gasteiger charge is -2.40. The minimum absolute atomic E-state index is 0.209. The second-order valence-corrected chi connectivity index (χ2v) is 9.66. The van der Waals surface area contributed by atoms with Crippen LogP contribution >= 0.6 is 0 Å². The average Bonchev–Trinajstić information content (AvgIpc) is 3.19. The lowest BCUT2D eigenvalue weighted by molar-refractivity contribution is -0.132. The molecule has 32 heavy (non-hydrogen) atoms. The summed E-state index contributed by atoms with van der Waals surface area (Å²) in [5, 5.41) is 10.2. The number of amides is 3. The number of nitrogens with zero attached hydrogens (tertiary/aromatic N) is 4. The van der Waals surface area contributed by atoms with Crippen LogP contribution in [0.25, 0.3) is 0 Å². The number of fused-ring (bicyclic) bond motifs is 1. The summed E-state index contributed by atoms with van der Waals surface area (Å²) in [6, 6.07) is 1.52. The predicted octanol–water partition coefficient (Wildman–Crippen LogP) is 1.50. The zero-order valence-corrected chi connectivity index (χ0v) is 19.9. The minimum atomic E-state index is -1.06. The Morgan fingerprint density at radius 2 is 1.88 bits per heavy atom. The maximum absolute atomic E-state index is 12.9. The van der Waals surface area contributed by atoms with E-state index in [-0.39, 0.29) is 30.0 Å². The fourth-order valence-electron chi connectivity index (χ4n) is 4.28. The van der Waals surface area contributed by atoms with E-state index in [2.05, 4.69) is 34.5 Å². The fourth-order valence-corrected chi connectivity index (χ4v) is 4.28. The lowest BCUT2D eigenvalue weighted by Crippen LogP contribution is -2.62. The van der Waals surface area contributed by atoms with Crippen LogP contribution in [0, 0.1) is 5.92 Å². The molecular formula is C23H38N6O3. The highest BCUT2D eigenvalue weighted by Crippen LogP contribution is 2.26. The van der Waals surface area contributed by atoms with Gasteiger partial charge in [-0.3, -0.25) is 19.1 Å². The summed E-state index contributed by atoms with van der Waals surface area (Å²) < 4.78 is 1.49. The third-order valence-electron chi connectivity index (χ3n) is 6.62. The van der Waals surface area contributed by atoms with E-state index in [1.54, 1.807) is 14.0 Å². The second-order valence-electron chi connectivity index (χ2n) is 9.66. The minimum Gasteiger partial charge on any atom is -0.354 e. The van der Waals surface area contributed by atoms with Crippen LogP contribution in [0.1, 0.15) is 73.9 Å². The standard InChI is InChI=1S/C23H38N6O3/c1-17(2)9-11-25-22(32)23(3)16-29-19(21(31)27(23)4)15-18(26-29)20(30)24-10-8-14-28-12-6-5-7-13-28/h15,17H,5-14,16H2,1-4H3,(H,24,30)(H,25,32)/t23-/m1/s1. The van der Waals surface area contributed by atoms with E-state index in [4.69, 9.17) is 0 Å². The van der Waals surface area contributed by atoms with Gasteiger partial charge in [-0.25, -0.2) is 0 Å². The fraction of sp³-hybridized carbons (Fsp3) is 0.739. The van der Waals surface area contributed by atoms with Gasteiger partial charge < -0.3 is 20.4 Å². The molecule has 3 rings (SSSR count). The van der Waals surface area contributed by atoms with Crippen LogP contribution in [0.3, 0.4) is 0 Å². The number of carbonyl (C=O) groups is 3. The van der Waals surface area contributed by atoms with Gasteiger partial charge in [0.2, 0.25) is 5.91 Å². The number of carbonyl (C=O) groups excluding carboxylic acids is 3. The molecule has 0 aromatic carbocycles. The average molecular weight is 447 g/mol. The van der Waals surface area contributed by atoms with E-state index in [1.165, 1.54) is 34.9 Å². The number of likely N-dealkylation sites (N-methyl/N-ethyl adjacent to an activating group) is 1. The van der Waals surface area contributed by atoms with Gasteiger partial charge in [0.05, 0.1) is 6.54 Å². The number of likely N-dealkylation sites (tertiary alicyclic amines) is 1. The molecule has 0 unspecified atom stereocenters. The van der Waals surface area contributed by atoms with E-state index in [1.807, 2.05) is 0 Å². The van der Waals surface area contributed by atoms with Crippen molar-refractivity contribution in [3.8, 4) is 0 Å². The number of hydrogen-bond donors (Lipinski definition) is 2. The number of hydrogen-bond acceptors (Lipinski definition) is 5. The number of nitrogens with one attached hydrogen (secondary N) is 2. The molecule has 0 spiro atoms. The van der Waals surface area contributed by atoms with E-state index in [0.717, 1.165) is 32.5 Å². The Morgan fingerprint density at radius 1 is 1.16 bits per heavy atom. The molecule has 9 heteroatoms. The van der Waals surface area contributed by atoms with Gasteiger partial charge in [-0.2, -0.15) is 5.10 Å². The highest BCUT2D eigenvalue weighted by molar-refractivity contribution is 6.01. The van der Waals surface area contributed by atoms with E-state index in [9.17, 15) is 14.4 Å². The number of rotatable bonds is 9. The van der Waals surface area contributed by atoms with Crippen molar-refractivity contribution in [3.63, 3.8) is 0 Å². The van der Waals surface area contributed by atoms with Gasteiger partial charge in [-0.1, -0.05) is 20.3 Å². The predicted molar refractivity (Wildman–Crippen MR) is 122 cm³/mol. The molecule has 0 bridgehead atoms. The molecule has 0 saturated carbocycles. The Morgan fingerprint density at radius 3 is 2.56 bits per heavy atom. The van der Waals surface area contributed by atoms with Gasteiger partial charge in [0.15, 0.2) is 5.69 Å². The Labute approximate surface area is 190 Å². The molecule has 1 saturated heterocycles. The van der Waals surface area contributed by atoms with E-state index in [0.29, 0.717) is 24.7 Å². The molecule has 1 fully saturated rings. The summed E-state index contributed by atoms with van der Waals surface area (Å²) in [5.41, 5.74) is -0.516. The number of aromatic nitrogens is 2. The third kappa shape index (κ3) is 5.49. The first-order valence-electron chi connectivity index (χ1n) is 11.9. The smallest absolute Gasteiger partial charge is 0.272 e. The third-order valence-corrected chi connectivity index (χ3v) is 6.62. The van der Waals surface area contributed by atoms with Crippen molar-refractivity contribution in [1.82, 2.24) is 30.2 Å². The first-order valence-corrected chi connectivity index (χ1v) is 11.9. The molecule has 1 aromatic rings. The van der Waals surface area contributed by atoms with Gasteiger partial charge in [0.25, 0.3) is 11.8 Å². The van der Waals surface area contributed by atoms with Crippen molar-refractivity contribution in [1.29, 1.82) is 0 Å². The molecule has 1 atom stereocenters. The summed E-state index contributed by atoms with van der Waals surface area (Å²) in [6.07, 6.45) is 5.57.